The number of rotatable bonds is 7. The second kappa shape index (κ2) is 6.81. The number of anilines is 1. The number of nitrogens with zero attached hydrogens (tertiary/aromatic N) is 1. The van der Waals surface area contributed by atoms with Crippen molar-refractivity contribution < 1.29 is 14.3 Å². The van der Waals surface area contributed by atoms with Gasteiger partial charge in [0, 0.05) is 24.8 Å². The Morgan fingerprint density at radius 2 is 2.21 bits per heavy atom. The monoisotopic (exact) mass is 331 g/mol. The molecule has 1 aromatic heterocycles. The van der Waals surface area contributed by atoms with E-state index in [1.807, 2.05) is 32.0 Å². The number of benzene rings is 1. The molecule has 6 nitrogen and oxygen atoms in total. The van der Waals surface area contributed by atoms with Crippen LogP contribution in [-0.2, 0) is 0 Å². The van der Waals surface area contributed by atoms with Crippen molar-refractivity contribution in [2.75, 3.05) is 18.5 Å². The number of nitrogens with one attached hydrogen (secondary N) is 2. The Morgan fingerprint density at radius 3 is 2.92 bits per heavy atom. The van der Waals surface area contributed by atoms with Gasteiger partial charge < -0.3 is 20.2 Å². The van der Waals surface area contributed by atoms with E-state index in [0.29, 0.717) is 18.2 Å². The summed E-state index contributed by atoms with van der Waals surface area (Å²) in [5.74, 6) is 1.28. The van der Waals surface area contributed by atoms with Crippen LogP contribution in [-0.4, -0.2) is 29.3 Å². The average Bonchev–Trinajstić information content (AvgIpc) is 3.31. The van der Waals surface area contributed by atoms with Crippen LogP contribution < -0.4 is 10.6 Å². The van der Waals surface area contributed by atoms with Crippen molar-refractivity contribution in [2.24, 2.45) is 5.41 Å². The highest BCUT2D eigenvalue weighted by Crippen LogP contribution is 2.40. The second-order valence-electron chi connectivity index (χ2n) is 7.32. The molecular formula is C18H25N3O3. The lowest BCUT2D eigenvalue weighted by Gasteiger charge is -2.21. The van der Waals surface area contributed by atoms with Crippen molar-refractivity contribution in [3.05, 3.63) is 24.1 Å². The normalized spacial score (nSPS) is 14.8. The maximum Gasteiger partial charge on any atom is 0.319 e. The topological polar surface area (TPSA) is 87.4 Å². The van der Waals surface area contributed by atoms with Crippen LogP contribution in [0, 0.1) is 5.41 Å². The smallest absolute Gasteiger partial charge is 0.319 e. The summed E-state index contributed by atoms with van der Waals surface area (Å²) in [7, 11) is 0. The average molecular weight is 331 g/mol. The van der Waals surface area contributed by atoms with Crippen LogP contribution in [0.15, 0.2) is 22.6 Å². The second-order valence-corrected chi connectivity index (χ2v) is 7.32. The van der Waals surface area contributed by atoms with Gasteiger partial charge in [-0.25, -0.2) is 9.78 Å². The highest BCUT2D eigenvalue weighted by atomic mass is 16.3. The SMILES string of the molecule is CC(C)(CO)CCCNC(=O)Nc1ccc2oc(C3CC3)nc2c1. The number of fused-ring (bicyclic) bond motifs is 1. The van der Waals surface area contributed by atoms with Gasteiger partial charge in [0.25, 0.3) is 0 Å². The summed E-state index contributed by atoms with van der Waals surface area (Å²) in [5.41, 5.74) is 2.13. The van der Waals surface area contributed by atoms with Gasteiger partial charge in [0.2, 0.25) is 0 Å². The third kappa shape index (κ3) is 4.26. The van der Waals surface area contributed by atoms with Gasteiger partial charge in [0.15, 0.2) is 11.5 Å². The fourth-order valence-corrected chi connectivity index (χ4v) is 2.55. The first kappa shape index (κ1) is 16.8. The Hall–Kier alpha value is -2.08. The largest absolute Gasteiger partial charge is 0.440 e. The fourth-order valence-electron chi connectivity index (χ4n) is 2.55. The molecule has 2 amide bonds. The zero-order chi connectivity index (χ0) is 17.2. The van der Waals surface area contributed by atoms with E-state index >= 15 is 0 Å². The quantitative estimate of drug-likeness (QED) is 0.676. The molecular weight excluding hydrogens is 306 g/mol. The molecule has 1 fully saturated rings. The summed E-state index contributed by atoms with van der Waals surface area (Å²) in [4.78, 5) is 16.4. The Bertz CT molecular complexity index is 719. The van der Waals surface area contributed by atoms with Crippen molar-refractivity contribution >= 4 is 22.8 Å². The number of aromatic nitrogens is 1. The van der Waals surface area contributed by atoms with Gasteiger partial charge in [-0.05, 0) is 49.3 Å². The van der Waals surface area contributed by atoms with Gasteiger partial charge >= 0.3 is 6.03 Å². The molecule has 0 bridgehead atoms. The van der Waals surface area contributed by atoms with E-state index in [4.69, 9.17) is 4.42 Å². The number of hydrogen-bond donors (Lipinski definition) is 3. The van der Waals surface area contributed by atoms with E-state index in [0.717, 1.165) is 42.7 Å². The molecule has 3 rings (SSSR count). The van der Waals surface area contributed by atoms with E-state index in [1.165, 1.54) is 0 Å². The molecule has 1 aromatic carbocycles. The summed E-state index contributed by atoms with van der Waals surface area (Å²) >= 11 is 0. The van der Waals surface area contributed by atoms with E-state index in [9.17, 15) is 9.90 Å². The van der Waals surface area contributed by atoms with Crippen molar-refractivity contribution in [1.82, 2.24) is 10.3 Å². The first-order chi connectivity index (χ1) is 11.5. The number of hydrogen-bond acceptors (Lipinski definition) is 4. The molecule has 2 aromatic rings. The molecule has 0 atom stereocenters. The molecule has 3 N–H and O–H groups in total. The summed E-state index contributed by atoms with van der Waals surface area (Å²) in [5, 5.41) is 14.9. The van der Waals surface area contributed by atoms with Gasteiger partial charge in [-0.2, -0.15) is 0 Å². The number of aliphatic hydroxyl groups excluding tert-OH is 1. The van der Waals surface area contributed by atoms with Crippen LogP contribution in [0.1, 0.15) is 51.3 Å². The Labute approximate surface area is 141 Å². The van der Waals surface area contributed by atoms with Crippen molar-refractivity contribution in [3.8, 4) is 0 Å². The number of oxazole rings is 1. The van der Waals surface area contributed by atoms with Crippen LogP contribution in [0.3, 0.4) is 0 Å². The lowest BCUT2D eigenvalue weighted by Crippen LogP contribution is -2.30. The highest BCUT2D eigenvalue weighted by Gasteiger charge is 2.28. The van der Waals surface area contributed by atoms with Gasteiger partial charge in [-0.1, -0.05) is 13.8 Å². The number of amides is 2. The predicted molar refractivity (Wildman–Crippen MR) is 93.1 cm³/mol. The molecule has 1 heterocycles. The molecule has 130 valence electrons. The van der Waals surface area contributed by atoms with E-state index < -0.39 is 0 Å². The lowest BCUT2D eigenvalue weighted by atomic mass is 9.89. The lowest BCUT2D eigenvalue weighted by molar-refractivity contribution is 0.148. The molecule has 1 aliphatic rings. The van der Waals surface area contributed by atoms with Gasteiger partial charge in [0.1, 0.15) is 5.52 Å². The summed E-state index contributed by atoms with van der Waals surface area (Å²) in [6.45, 7) is 4.75. The third-order valence-electron chi connectivity index (χ3n) is 4.33. The van der Waals surface area contributed by atoms with Crippen LogP contribution in [0.25, 0.3) is 11.1 Å². The van der Waals surface area contributed by atoms with E-state index in [1.54, 1.807) is 0 Å². The van der Waals surface area contributed by atoms with Gasteiger partial charge in [-0.15, -0.1) is 0 Å². The Morgan fingerprint density at radius 1 is 1.42 bits per heavy atom. The molecule has 0 radical (unpaired) electrons. The molecule has 0 unspecified atom stereocenters. The minimum atomic E-state index is -0.234. The number of carbonyl (C=O) groups is 1. The maximum absolute atomic E-state index is 12.0. The van der Waals surface area contributed by atoms with Crippen molar-refractivity contribution in [1.29, 1.82) is 0 Å². The minimum Gasteiger partial charge on any atom is -0.440 e. The van der Waals surface area contributed by atoms with Crippen LogP contribution >= 0.6 is 0 Å². The molecule has 0 saturated heterocycles. The summed E-state index contributed by atoms with van der Waals surface area (Å²) in [6.07, 6.45) is 3.98. The van der Waals surface area contributed by atoms with E-state index in [2.05, 4.69) is 15.6 Å². The first-order valence-corrected chi connectivity index (χ1v) is 8.53. The molecule has 24 heavy (non-hydrogen) atoms. The zero-order valence-corrected chi connectivity index (χ0v) is 14.3. The Kier molecular flexibility index (Phi) is 4.76. The number of aliphatic hydroxyl groups is 1. The third-order valence-corrected chi connectivity index (χ3v) is 4.33. The van der Waals surface area contributed by atoms with Crippen LogP contribution in [0.2, 0.25) is 0 Å². The minimum absolute atomic E-state index is 0.102. The van der Waals surface area contributed by atoms with Crippen molar-refractivity contribution in [3.63, 3.8) is 0 Å². The number of carbonyl (C=O) groups excluding carboxylic acids is 1. The predicted octanol–water partition coefficient (Wildman–Crippen LogP) is 3.63. The zero-order valence-electron chi connectivity index (χ0n) is 14.3. The molecule has 0 aliphatic heterocycles. The summed E-state index contributed by atoms with van der Waals surface area (Å²) in [6, 6.07) is 5.26. The van der Waals surface area contributed by atoms with Crippen molar-refractivity contribution in [2.45, 2.75) is 45.4 Å². The molecule has 1 saturated carbocycles. The highest BCUT2D eigenvalue weighted by molar-refractivity contribution is 5.91. The maximum atomic E-state index is 12.0. The van der Waals surface area contributed by atoms with Gasteiger partial charge in [-0.3, -0.25) is 0 Å². The summed E-state index contributed by atoms with van der Waals surface area (Å²) < 4.78 is 5.71. The van der Waals surface area contributed by atoms with E-state index in [-0.39, 0.29) is 18.1 Å². The fraction of sp³-hybridized carbons (Fsp3) is 0.556. The first-order valence-electron chi connectivity index (χ1n) is 8.53. The number of urea groups is 1. The molecule has 1 aliphatic carbocycles. The molecule has 6 heteroatoms. The Balaban J connectivity index is 1.49. The molecule has 0 spiro atoms. The van der Waals surface area contributed by atoms with Crippen LogP contribution in [0.5, 0.6) is 0 Å². The standard InChI is InChI=1S/C18H25N3O3/c1-18(2,11-22)8-3-9-19-17(23)20-13-6-7-15-14(10-13)21-16(24-15)12-4-5-12/h6-7,10,12,22H,3-5,8-9,11H2,1-2H3,(H2,19,20,23). The van der Waals surface area contributed by atoms with Crippen LogP contribution in [0.4, 0.5) is 10.5 Å². The van der Waals surface area contributed by atoms with Gasteiger partial charge in [0.05, 0.1) is 0 Å².